The Bertz CT molecular complexity index is 349. The first kappa shape index (κ1) is 13.6. The standard InChI is InChI=1S/C10H13F3N2O2/c1-7(8-3-2-4-17-8)14-5-9(16)15-6-10(11,12)13/h2-4,7,14H,5-6H2,1H3,(H,15,16)/t7-/m1/s1. The van der Waals surface area contributed by atoms with Crippen LogP contribution in [0.4, 0.5) is 13.2 Å². The van der Waals surface area contributed by atoms with Gasteiger partial charge in [-0.1, -0.05) is 0 Å². The molecule has 7 heteroatoms. The third kappa shape index (κ3) is 5.39. The van der Waals surface area contributed by atoms with Crippen LogP contribution in [-0.4, -0.2) is 25.2 Å². The number of halogens is 3. The fourth-order valence-corrected chi connectivity index (χ4v) is 1.15. The van der Waals surface area contributed by atoms with Gasteiger partial charge in [0, 0.05) is 0 Å². The van der Waals surface area contributed by atoms with E-state index >= 15 is 0 Å². The Labute approximate surface area is 96.2 Å². The average Bonchev–Trinajstić information content (AvgIpc) is 2.75. The van der Waals surface area contributed by atoms with Gasteiger partial charge in [0.15, 0.2) is 0 Å². The van der Waals surface area contributed by atoms with Crippen molar-refractivity contribution in [3.05, 3.63) is 24.2 Å². The van der Waals surface area contributed by atoms with Gasteiger partial charge in [-0.2, -0.15) is 13.2 Å². The second-order valence-electron chi connectivity index (χ2n) is 3.51. The summed E-state index contributed by atoms with van der Waals surface area (Å²) in [6, 6.07) is 3.17. The van der Waals surface area contributed by atoms with Crippen molar-refractivity contribution in [2.45, 2.75) is 19.1 Å². The molecule has 0 saturated heterocycles. The Balaban J connectivity index is 2.24. The van der Waals surface area contributed by atoms with Crippen molar-refractivity contribution in [3.63, 3.8) is 0 Å². The number of amides is 1. The average molecular weight is 250 g/mol. The molecule has 1 aromatic heterocycles. The Morgan fingerprint density at radius 2 is 2.24 bits per heavy atom. The van der Waals surface area contributed by atoms with Gasteiger partial charge in [-0.25, -0.2) is 0 Å². The lowest BCUT2D eigenvalue weighted by Crippen LogP contribution is -2.39. The van der Waals surface area contributed by atoms with E-state index in [1.54, 1.807) is 24.4 Å². The third-order valence-corrected chi connectivity index (χ3v) is 2.02. The highest BCUT2D eigenvalue weighted by Crippen LogP contribution is 2.12. The zero-order valence-electron chi connectivity index (χ0n) is 9.17. The molecule has 0 radical (unpaired) electrons. The molecule has 0 unspecified atom stereocenters. The molecular weight excluding hydrogens is 237 g/mol. The first-order valence-electron chi connectivity index (χ1n) is 4.99. The van der Waals surface area contributed by atoms with Crippen molar-refractivity contribution in [2.75, 3.05) is 13.1 Å². The van der Waals surface area contributed by atoms with Crippen molar-refractivity contribution in [1.29, 1.82) is 0 Å². The van der Waals surface area contributed by atoms with Crippen molar-refractivity contribution in [1.82, 2.24) is 10.6 Å². The number of hydrogen-bond acceptors (Lipinski definition) is 3. The molecule has 1 aromatic rings. The zero-order valence-corrected chi connectivity index (χ0v) is 9.17. The summed E-state index contributed by atoms with van der Waals surface area (Å²) in [5, 5.41) is 4.51. The molecular formula is C10H13F3N2O2. The first-order valence-corrected chi connectivity index (χ1v) is 4.99. The molecule has 0 fully saturated rings. The second-order valence-corrected chi connectivity index (χ2v) is 3.51. The van der Waals surface area contributed by atoms with Crippen LogP contribution in [0.2, 0.25) is 0 Å². The monoisotopic (exact) mass is 250 g/mol. The molecule has 0 bridgehead atoms. The maximum atomic E-state index is 11.8. The molecule has 0 aliphatic heterocycles. The minimum absolute atomic E-state index is 0.196. The summed E-state index contributed by atoms with van der Waals surface area (Å²) in [6.07, 6.45) is -2.90. The molecule has 2 N–H and O–H groups in total. The van der Waals surface area contributed by atoms with Gasteiger partial charge in [-0.05, 0) is 19.1 Å². The number of carbonyl (C=O) groups is 1. The Morgan fingerprint density at radius 3 is 2.76 bits per heavy atom. The van der Waals surface area contributed by atoms with E-state index in [0.29, 0.717) is 5.76 Å². The van der Waals surface area contributed by atoms with Gasteiger partial charge in [0.1, 0.15) is 12.3 Å². The highest BCUT2D eigenvalue weighted by atomic mass is 19.4. The lowest BCUT2D eigenvalue weighted by Gasteiger charge is -2.12. The van der Waals surface area contributed by atoms with Crippen LogP contribution in [0.1, 0.15) is 18.7 Å². The maximum absolute atomic E-state index is 11.8. The van der Waals surface area contributed by atoms with E-state index in [9.17, 15) is 18.0 Å². The summed E-state index contributed by atoms with van der Waals surface area (Å²) >= 11 is 0. The zero-order chi connectivity index (χ0) is 12.9. The van der Waals surface area contributed by atoms with E-state index in [4.69, 9.17) is 4.42 Å². The summed E-state index contributed by atoms with van der Waals surface area (Å²) in [6.45, 7) is 0.233. The Hall–Kier alpha value is -1.50. The molecule has 0 saturated carbocycles. The largest absolute Gasteiger partial charge is 0.468 e. The van der Waals surface area contributed by atoms with Crippen LogP contribution in [-0.2, 0) is 4.79 Å². The lowest BCUT2D eigenvalue weighted by atomic mass is 10.2. The van der Waals surface area contributed by atoms with Crippen LogP contribution in [0.5, 0.6) is 0 Å². The van der Waals surface area contributed by atoms with Gasteiger partial charge in [0.05, 0.1) is 18.8 Å². The van der Waals surface area contributed by atoms with Crippen molar-refractivity contribution in [2.24, 2.45) is 0 Å². The van der Waals surface area contributed by atoms with Crippen LogP contribution in [0.3, 0.4) is 0 Å². The summed E-state index contributed by atoms with van der Waals surface area (Å²) in [7, 11) is 0. The van der Waals surface area contributed by atoms with Crippen LogP contribution < -0.4 is 10.6 Å². The number of hydrogen-bond donors (Lipinski definition) is 2. The molecule has 0 aliphatic carbocycles. The van der Waals surface area contributed by atoms with Crippen LogP contribution in [0, 0.1) is 0 Å². The van der Waals surface area contributed by atoms with E-state index < -0.39 is 18.6 Å². The highest BCUT2D eigenvalue weighted by molar-refractivity contribution is 5.78. The molecule has 0 aromatic carbocycles. The maximum Gasteiger partial charge on any atom is 0.405 e. The number of furan rings is 1. The number of alkyl halides is 3. The molecule has 4 nitrogen and oxygen atoms in total. The molecule has 1 rings (SSSR count). The number of carbonyl (C=O) groups excluding carboxylic acids is 1. The molecule has 1 amide bonds. The normalized spacial score (nSPS) is 13.4. The summed E-state index contributed by atoms with van der Waals surface area (Å²) in [5.41, 5.74) is 0. The minimum Gasteiger partial charge on any atom is -0.468 e. The van der Waals surface area contributed by atoms with Gasteiger partial charge >= 0.3 is 6.18 Å². The van der Waals surface area contributed by atoms with E-state index in [1.807, 2.05) is 0 Å². The quantitative estimate of drug-likeness (QED) is 0.834. The second kappa shape index (κ2) is 5.72. The Morgan fingerprint density at radius 1 is 1.53 bits per heavy atom. The summed E-state index contributed by atoms with van der Waals surface area (Å²) in [5.74, 6) is -0.0886. The SMILES string of the molecule is C[C@@H](NCC(=O)NCC(F)(F)F)c1ccco1. The van der Waals surface area contributed by atoms with Crippen molar-refractivity contribution >= 4 is 5.91 Å². The first-order chi connectivity index (χ1) is 7.88. The fourth-order valence-electron chi connectivity index (χ4n) is 1.15. The van der Waals surface area contributed by atoms with Crippen molar-refractivity contribution in [3.8, 4) is 0 Å². The van der Waals surface area contributed by atoms with Gasteiger partial charge in [-0.3, -0.25) is 10.1 Å². The third-order valence-electron chi connectivity index (χ3n) is 2.02. The van der Waals surface area contributed by atoms with Crippen LogP contribution >= 0.6 is 0 Å². The summed E-state index contributed by atoms with van der Waals surface area (Å²) in [4.78, 5) is 11.1. The number of rotatable bonds is 5. The molecule has 17 heavy (non-hydrogen) atoms. The summed E-state index contributed by atoms with van der Waals surface area (Å²) < 4.78 is 40.4. The van der Waals surface area contributed by atoms with E-state index in [1.165, 1.54) is 6.26 Å². The smallest absolute Gasteiger partial charge is 0.405 e. The van der Waals surface area contributed by atoms with Gasteiger partial charge < -0.3 is 9.73 Å². The highest BCUT2D eigenvalue weighted by Gasteiger charge is 2.27. The van der Waals surface area contributed by atoms with E-state index in [0.717, 1.165) is 0 Å². The number of nitrogens with one attached hydrogen (secondary N) is 2. The molecule has 1 heterocycles. The van der Waals surface area contributed by atoms with Gasteiger partial charge in [0.2, 0.25) is 5.91 Å². The van der Waals surface area contributed by atoms with Crippen LogP contribution in [0.25, 0.3) is 0 Å². The predicted molar refractivity (Wildman–Crippen MR) is 54.2 cm³/mol. The molecule has 0 aliphatic rings. The topological polar surface area (TPSA) is 54.3 Å². The Kier molecular flexibility index (Phi) is 4.56. The van der Waals surface area contributed by atoms with E-state index in [2.05, 4.69) is 5.32 Å². The molecule has 96 valence electrons. The van der Waals surface area contributed by atoms with Crippen LogP contribution in [0.15, 0.2) is 22.8 Å². The van der Waals surface area contributed by atoms with E-state index in [-0.39, 0.29) is 12.6 Å². The van der Waals surface area contributed by atoms with Gasteiger partial charge in [0.25, 0.3) is 0 Å². The molecule has 1 atom stereocenters. The minimum atomic E-state index is -4.39. The fraction of sp³-hybridized carbons (Fsp3) is 0.500. The van der Waals surface area contributed by atoms with Crippen molar-refractivity contribution < 1.29 is 22.4 Å². The lowest BCUT2D eigenvalue weighted by molar-refractivity contribution is -0.137. The van der Waals surface area contributed by atoms with Gasteiger partial charge in [-0.15, -0.1) is 0 Å². The predicted octanol–water partition coefficient (Wildman–Crippen LogP) is 1.61. The molecule has 0 spiro atoms.